The normalized spacial score (nSPS) is 37.6. The molecule has 5 rings (SSSR count). The molecular weight excluding hydrogens is 445 g/mol. The molecule has 0 bridgehead atoms. The summed E-state index contributed by atoms with van der Waals surface area (Å²) >= 11 is 0. The van der Waals surface area contributed by atoms with Crippen molar-refractivity contribution in [1.82, 2.24) is 0 Å². The summed E-state index contributed by atoms with van der Waals surface area (Å²) in [7, 11) is 0. The molecule has 4 heteroatoms. The molecule has 5 aliphatic rings. The summed E-state index contributed by atoms with van der Waals surface area (Å²) in [5.41, 5.74) is 1.86. The molecule has 0 spiro atoms. The van der Waals surface area contributed by atoms with Gasteiger partial charge in [-0.1, -0.05) is 56.1 Å². The zero-order valence-corrected chi connectivity index (χ0v) is 21.2. The van der Waals surface area contributed by atoms with Gasteiger partial charge in [0.15, 0.2) is 5.83 Å². The van der Waals surface area contributed by atoms with Gasteiger partial charge < -0.3 is 4.74 Å². The highest BCUT2D eigenvalue weighted by atomic mass is 19.2. The second-order valence-corrected chi connectivity index (χ2v) is 11.6. The smallest absolute Gasteiger partial charge is 0.158 e. The summed E-state index contributed by atoms with van der Waals surface area (Å²) in [6, 6.07) is 0. The second-order valence-electron chi connectivity index (χ2n) is 11.6. The topological polar surface area (TPSA) is 12.5 Å². The Balaban J connectivity index is 1.09. The van der Waals surface area contributed by atoms with Crippen molar-refractivity contribution in [2.24, 2.45) is 35.5 Å². The summed E-state index contributed by atoms with van der Waals surface area (Å²) in [5, 5.41) is 0. The maximum Gasteiger partial charge on any atom is 0.158 e. The van der Waals surface area contributed by atoms with E-state index in [0.29, 0.717) is 30.4 Å². The molecule has 0 aromatic rings. The predicted molar refractivity (Wildman–Crippen MR) is 135 cm³/mol. The Morgan fingerprint density at radius 3 is 2.37 bits per heavy atom. The first-order valence-electron chi connectivity index (χ1n) is 14.1. The van der Waals surface area contributed by atoms with E-state index in [1.807, 2.05) is 12.2 Å². The van der Waals surface area contributed by atoms with Crippen LogP contribution in [0.1, 0.15) is 84.0 Å². The van der Waals surface area contributed by atoms with E-state index in [1.54, 1.807) is 0 Å². The molecule has 0 radical (unpaired) electrons. The number of allylic oxidation sites excluding steroid dienone is 9. The summed E-state index contributed by atoms with van der Waals surface area (Å²) in [6.45, 7) is 2.87. The molecule has 5 atom stereocenters. The molecule has 0 N–H and O–H groups in total. The molecule has 0 aromatic carbocycles. The molecule has 0 amide bonds. The van der Waals surface area contributed by atoms with E-state index in [0.717, 1.165) is 70.6 Å². The van der Waals surface area contributed by atoms with Crippen LogP contribution >= 0.6 is 0 Å². The second kappa shape index (κ2) is 11.2. The zero-order valence-electron chi connectivity index (χ0n) is 21.2. The van der Waals surface area contributed by atoms with E-state index >= 15 is 8.78 Å². The van der Waals surface area contributed by atoms with E-state index in [9.17, 15) is 4.39 Å². The molecule has 1 nitrogen and oxygen atoms in total. The number of ether oxygens (including phenoxy) is 1. The first-order valence-corrected chi connectivity index (χ1v) is 14.1. The number of hydrogen-bond donors (Lipinski definition) is 0. The van der Waals surface area contributed by atoms with Crippen LogP contribution in [0.3, 0.4) is 0 Å². The minimum Gasteiger partial charge on any atom is -0.372 e. The Morgan fingerprint density at radius 2 is 1.71 bits per heavy atom. The van der Waals surface area contributed by atoms with Crippen LogP contribution in [0.4, 0.5) is 13.2 Å². The van der Waals surface area contributed by atoms with Gasteiger partial charge in [0.25, 0.3) is 0 Å². The number of hydrogen-bond acceptors (Lipinski definition) is 1. The van der Waals surface area contributed by atoms with E-state index in [4.69, 9.17) is 4.74 Å². The van der Waals surface area contributed by atoms with Crippen molar-refractivity contribution in [3.05, 3.63) is 59.0 Å². The highest BCUT2D eigenvalue weighted by molar-refractivity contribution is 5.40. The summed E-state index contributed by atoms with van der Waals surface area (Å²) in [6.07, 6.45) is 22.1. The molecule has 192 valence electrons. The first-order chi connectivity index (χ1) is 17.0. The lowest BCUT2D eigenvalue weighted by Gasteiger charge is -2.35. The van der Waals surface area contributed by atoms with Crippen LogP contribution < -0.4 is 0 Å². The van der Waals surface area contributed by atoms with E-state index in [1.165, 1.54) is 5.57 Å². The third kappa shape index (κ3) is 5.89. The van der Waals surface area contributed by atoms with Gasteiger partial charge in [-0.2, -0.15) is 0 Å². The largest absolute Gasteiger partial charge is 0.372 e. The van der Waals surface area contributed by atoms with Gasteiger partial charge in [0.2, 0.25) is 0 Å². The fourth-order valence-electron chi connectivity index (χ4n) is 7.00. The van der Waals surface area contributed by atoms with Crippen molar-refractivity contribution in [3.63, 3.8) is 0 Å². The Labute approximate surface area is 209 Å². The average molecular weight is 487 g/mol. The van der Waals surface area contributed by atoms with Gasteiger partial charge in [-0.25, -0.2) is 13.2 Å². The van der Waals surface area contributed by atoms with Crippen molar-refractivity contribution >= 4 is 0 Å². The van der Waals surface area contributed by atoms with Crippen LogP contribution in [0.5, 0.6) is 0 Å². The van der Waals surface area contributed by atoms with E-state index in [-0.39, 0.29) is 35.6 Å². The van der Waals surface area contributed by atoms with Crippen LogP contribution in [0.2, 0.25) is 0 Å². The van der Waals surface area contributed by atoms with Crippen molar-refractivity contribution in [1.29, 1.82) is 0 Å². The lowest BCUT2D eigenvalue weighted by Crippen LogP contribution is -2.25. The Morgan fingerprint density at radius 1 is 0.914 bits per heavy atom. The van der Waals surface area contributed by atoms with Crippen LogP contribution in [0.15, 0.2) is 59.0 Å². The SMILES string of the molecule is CCCC1=CCC(C2=CCC(C3CCC(CCC4C=C(F)C(C5CO5)CC4)CC3)C(F)=C2F)C=C1. The highest BCUT2D eigenvalue weighted by Crippen LogP contribution is 2.46. The van der Waals surface area contributed by atoms with E-state index < -0.39 is 11.7 Å². The van der Waals surface area contributed by atoms with Crippen molar-refractivity contribution in [2.45, 2.75) is 90.1 Å². The van der Waals surface area contributed by atoms with Crippen LogP contribution in [-0.2, 0) is 4.74 Å². The summed E-state index contributed by atoms with van der Waals surface area (Å²) in [4.78, 5) is 0. The van der Waals surface area contributed by atoms with Gasteiger partial charge in [-0.05, 0) is 87.2 Å². The lowest BCUT2D eigenvalue weighted by molar-refractivity contribution is 0.188. The maximum absolute atomic E-state index is 15.2. The van der Waals surface area contributed by atoms with Crippen LogP contribution in [-0.4, -0.2) is 12.7 Å². The molecule has 1 saturated carbocycles. The Bertz CT molecular complexity index is 914. The molecule has 35 heavy (non-hydrogen) atoms. The summed E-state index contributed by atoms with van der Waals surface area (Å²) < 4.78 is 50.0. The van der Waals surface area contributed by atoms with Gasteiger partial charge in [0.1, 0.15) is 11.7 Å². The van der Waals surface area contributed by atoms with Gasteiger partial charge in [-0.3, -0.25) is 0 Å². The maximum atomic E-state index is 15.2. The van der Waals surface area contributed by atoms with Crippen molar-refractivity contribution < 1.29 is 17.9 Å². The molecule has 0 aromatic heterocycles. The minimum absolute atomic E-state index is 0.000718. The molecule has 5 unspecified atom stereocenters. The van der Waals surface area contributed by atoms with Crippen molar-refractivity contribution in [2.75, 3.05) is 6.61 Å². The molecular formula is C31H41F3O. The van der Waals surface area contributed by atoms with Crippen LogP contribution in [0, 0.1) is 35.5 Å². The lowest BCUT2D eigenvalue weighted by atomic mass is 9.70. The Kier molecular flexibility index (Phi) is 8.06. The number of epoxide rings is 1. The summed E-state index contributed by atoms with van der Waals surface area (Å²) in [5.74, 6) is -0.165. The minimum atomic E-state index is -0.591. The molecule has 1 saturated heterocycles. The van der Waals surface area contributed by atoms with E-state index in [2.05, 4.69) is 25.2 Å². The highest BCUT2D eigenvalue weighted by Gasteiger charge is 2.39. The monoisotopic (exact) mass is 486 g/mol. The standard InChI is InChI=1S/C31H41F3O/c1-2-3-20-6-11-23(12-7-20)25-16-17-26(31(34)30(25)33)24-13-8-21(9-14-24)4-5-22-10-15-27(28(32)18-22)29-19-35-29/h6-7,11,16,18,21-24,26-27,29H,2-5,8-10,12-15,17,19H2,1H3. The average Bonchev–Trinajstić information content (AvgIpc) is 3.71. The third-order valence-corrected chi connectivity index (χ3v) is 9.31. The van der Waals surface area contributed by atoms with Gasteiger partial charge in [-0.15, -0.1) is 0 Å². The van der Waals surface area contributed by atoms with Crippen molar-refractivity contribution in [3.8, 4) is 0 Å². The van der Waals surface area contributed by atoms with Gasteiger partial charge in [0, 0.05) is 17.8 Å². The molecule has 1 heterocycles. The first kappa shape index (κ1) is 25.1. The number of rotatable bonds is 8. The molecule has 2 fully saturated rings. The third-order valence-electron chi connectivity index (χ3n) is 9.31. The number of halogens is 3. The fraction of sp³-hybridized carbons (Fsp3) is 0.677. The fourth-order valence-corrected chi connectivity index (χ4v) is 7.00. The van der Waals surface area contributed by atoms with Gasteiger partial charge >= 0.3 is 0 Å². The Hall–Kier alpha value is -1.55. The molecule has 1 aliphatic heterocycles. The molecule has 4 aliphatic carbocycles. The zero-order chi connectivity index (χ0) is 24.4. The van der Waals surface area contributed by atoms with Crippen LogP contribution in [0.25, 0.3) is 0 Å². The van der Waals surface area contributed by atoms with Gasteiger partial charge in [0.05, 0.1) is 12.7 Å². The predicted octanol–water partition coefficient (Wildman–Crippen LogP) is 9.25. The quantitative estimate of drug-likeness (QED) is 0.311.